The molecule has 2 nitrogen and oxygen atoms in total. The molecule has 2 atom stereocenters. The molecule has 1 heterocycles. The monoisotopic (exact) mass is 329 g/mol. The summed E-state index contributed by atoms with van der Waals surface area (Å²) in [6.07, 6.45) is 3.29. The molecule has 23 heavy (non-hydrogen) atoms. The number of phenols is 1. The molecular weight excluding hydrogens is 306 g/mol. The SMILES string of the molecule is C.CN1CCc2cc(Cl)c(O)cc2[C@H]2c3ccccc3CC[C@@H]21. The lowest BCUT2D eigenvalue weighted by Gasteiger charge is -2.38. The minimum Gasteiger partial charge on any atom is -0.506 e. The second-order valence-electron chi connectivity index (χ2n) is 6.52. The maximum Gasteiger partial charge on any atom is 0.134 e. The summed E-state index contributed by atoms with van der Waals surface area (Å²) in [5, 5.41) is 10.6. The molecular formula is C20H24ClNO. The van der Waals surface area contributed by atoms with E-state index < -0.39 is 0 Å². The number of halogens is 1. The largest absolute Gasteiger partial charge is 0.506 e. The first-order valence-corrected chi connectivity index (χ1v) is 8.32. The third-order valence-corrected chi connectivity index (χ3v) is 5.63. The van der Waals surface area contributed by atoms with Gasteiger partial charge in [-0.2, -0.15) is 0 Å². The smallest absolute Gasteiger partial charge is 0.134 e. The van der Waals surface area contributed by atoms with Crippen molar-refractivity contribution in [1.82, 2.24) is 4.90 Å². The Morgan fingerprint density at radius 3 is 2.70 bits per heavy atom. The number of benzene rings is 2. The van der Waals surface area contributed by atoms with Crippen LogP contribution in [0.25, 0.3) is 0 Å². The molecule has 0 fully saturated rings. The van der Waals surface area contributed by atoms with E-state index in [1.165, 1.54) is 28.7 Å². The minimum absolute atomic E-state index is 0. The van der Waals surface area contributed by atoms with Crippen molar-refractivity contribution < 1.29 is 5.11 Å². The predicted octanol–water partition coefficient (Wildman–Crippen LogP) is 4.62. The average molecular weight is 330 g/mol. The number of aromatic hydroxyl groups is 1. The molecule has 0 saturated heterocycles. The van der Waals surface area contributed by atoms with Gasteiger partial charge in [0.25, 0.3) is 0 Å². The van der Waals surface area contributed by atoms with E-state index >= 15 is 0 Å². The summed E-state index contributed by atoms with van der Waals surface area (Å²) in [7, 11) is 2.22. The summed E-state index contributed by atoms with van der Waals surface area (Å²) < 4.78 is 0. The number of hydrogen-bond acceptors (Lipinski definition) is 2. The van der Waals surface area contributed by atoms with Gasteiger partial charge in [0.1, 0.15) is 5.75 Å². The number of aryl methyl sites for hydroxylation is 1. The summed E-state index contributed by atoms with van der Waals surface area (Å²) in [4.78, 5) is 2.48. The van der Waals surface area contributed by atoms with E-state index in [-0.39, 0.29) is 13.2 Å². The van der Waals surface area contributed by atoms with Gasteiger partial charge in [-0.05, 0) is 60.7 Å². The van der Waals surface area contributed by atoms with Crippen LogP contribution in [0.1, 0.15) is 42.0 Å². The highest BCUT2D eigenvalue weighted by Gasteiger charge is 2.36. The van der Waals surface area contributed by atoms with Crippen LogP contribution < -0.4 is 0 Å². The lowest BCUT2D eigenvalue weighted by atomic mass is 9.74. The zero-order chi connectivity index (χ0) is 15.3. The Bertz CT molecular complexity index is 728. The summed E-state index contributed by atoms with van der Waals surface area (Å²) in [5.74, 6) is 0.530. The zero-order valence-corrected chi connectivity index (χ0v) is 13.5. The number of hydrogen-bond donors (Lipinski definition) is 1. The Labute approximate surface area is 143 Å². The van der Waals surface area contributed by atoms with Crippen LogP contribution in [0.5, 0.6) is 5.75 Å². The number of phenolic OH excluding ortho intramolecular Hbond substituents is 1. The fourth-order valence-electron chi connectivity index (χ4n) is 4.18. The van der Waals surface area contributed by atoms with E-state index in [1.807, 2.05) is 12.1 Å². The van der Waals surface area contributed by atoms with Gasteiger partial charge in [-0.3, -0.25) is 0 Å². The van der Waals surface area contributed by atoms with Crippen LogP contribution >= 0.6 is 11.6 Å². The second kappa shape index (κ2) is 6.18. The van der Waals surface area contributed by atoms with E-state index in [9.17, 15) is 5.11 Å². The number of fused-ring (bicyclic) bond motifs is 5. The predicted molar refractivity (Wildman–Crippen MR) is 96.6 cm³/mol. The highest BCUT2D eigenvalue weighted by molar-refractivity contribution is 6.32. The van der Waals surface area contributed by atoms with Crippen molar-refractivity contribution in [3.05, 3.63) is 63.7 Å². The first kappa shape index (κ1) is 16.4. The molecule has 2 aromatic carbocycles. The number of nitrogens with zero attached hydrogens (tertiary/aromatic N) is 1. The second-order valence-corrected chi connectivity index (χ2v) is 6.92. The van der Waals surface area contributed by atoms with Crippen molar-refractivity contribution in [3.8, 4) is 5.75 Å². The van der Waals surface area contributed by atoms with E-state index in [1.54, 1.807) is 0 Å². The van der Waals surface area contributed by atoms with Gasteiger partial charge in [0.2, 0.25) is 0 Å². The molecule has 4 rings (SSSR count). The van der Waals surface area contributed by atoms with Gasteiger partial charge in [0.15, 0.2) is 0 Å². The summed E-state index contributed by atoms with van der Waals surface area (Å²) >= 11 is 6.15. The lowest BCUT2D eigenvalue weighted by Crippen LogP contribution is -2.39. The molecule has 1 aliphatic heterocycles. The average Bonchev–Trinajstić information content (AvgIpc) is 2.66. The van der Waals surface area contributed by atoms with Crippen molar-refractivity contribution in [3.63, 3.8) is 0 Å². The highest BCUT2D eigenvalue weighted by atomic mass is 35.5. The van der Waals surface area contributed by atoms with Gasteiger partial charge in [0.05, 0.1) is 5.02 Å². The summed E-state index contributed by atoms with van der Waals surface area (Å²) in [6.45, 7) is 1.04. The minimum atomic E-state index is 0. The van der Waals surface area contributed by atoms with Crippen LogP contribution in [-0.4, -0.2) is 29.6 Å². The standard InChI is InChI=1S/C19H20ClNO.CH4/c1-21-9-8-13-10-16(20)18(22)11-15(13)19-14-5-3-2-4-12(14)6-7-17(19)21;/h2-5,10-11,17,19,22H,6-9H2,1H3;1H4/t17-,19+;/m0./s1. The van der Waals surface area contributed by atoms with Crippen molar-refractivity contribution >= 4 is 11.6 Å². The fraction of sp³-hybridized carbons (Fsp3) is 0.400. The maximum absolute atomic E-state index is 10.1. The third-order valence-electron chi connectivity index (χ3n) is 5.33. The first-order valence-electron chi connectivity index (χ1n) is 7.94. The molecule has 0 radical (unpaired) electrons. The summed E-state index contributed by atoms with van der Waals surface area (Å²) in [5.41, 5.74) is 5.39. The van der Waals surface area contributed by atoms with Crippen LogP contribution in [0.4, 0.5) is 0 Å². The topological polar surface area (TPSA) is 23.5 Å². The van der Waals surface area contributed by atoms with Crippen LogP contribution in [0.15, 0.2) is 36.4 Å². The number of likely N-dealkylation sites (N-methyl/N-ethyl adjacent to an activating group) is 1. The van der Waals surface area contributed by atoms with Gasteiger partial charge >= 0.3 is 0 Å². The van der Waals surface area contributed by atoms with E-state index in [0.717, 1.165) is 19.4 Å². The fourth-order valence-corrected chi connectivity index (χ4v) is 4.37. The van der Waals surface area contributed by atoms with Crippen molar-refractivity contribution in [2.24, 2.45) is 0 Å². The zero-order valence-electron chi connectivity index (χ0n) is 12.7. The van der Waals surface area contributed by atoms with Crippen molar-refractivity contribution in [1.29, 1.82) is 0 Å². The molecule has 0 spiro atoms. The Hall–Kier alpha value is -1.51. The van der Waals surface area contributed by atoms with Crippen molar-refractivity contribution in [2.45, 2.75) is 38.6 Å². The van der Waals surface area contributed by atoms with Gasteiger partial charge in [0, 0.05) is 18.5 Å². The molecule has 3 heteroatoms. The molecule has 1 aliphatic carbocycles. The van der Waals surface area contributed by atoms with Gasteiger partial charge in [-0.15, -0.1) is 0 Å². The van der Waals surface area contributed by atoms with Crippen molar-refractivity contribution in [2.75, 3.05) is 13.6 Å². The molecule has 122 valence electrons. The van der Waals surface area contributed by atoms with Crippen LogP contribution in [0, 0.1) is 0 Å². The normalized spacial score (nSPS) is 23.0. The van der Waals surface area contributed by atoms with Crippen LogP contribution in [0.2, 0.25) is 5.02 Å². The highest BCUT2D eigenvalue weighted by Crippen LogP contribution is 2.44. The lowest BCUT2D eigenvalue weighted by molar-refractivity contribution is 0.214. The molecule has 0 unspecified atom stereocenters. The van der Waals surface area contributed by atoms with Gasteiger partial charge in [-0.25, -0.2) is 0 Å². The first-order chi connectivity index (χ1) is 10.6. The van der Waals surface area contributed by atoms with E-state index in [0.29, 0.717) is 17.0 Å². The Morgan fingerprint density at radius 2 is 1.87 bits per heavy atom. The van der Waals surface area contributed by atoms with Crippen LogP contribution in [0.3, 0.4) is 0 Å². The molecule has 0 bridgehead atoms. The molecule has 0 amide bonds. The van der Waals surface area contributed by atoms with E-state index in [4.69, 9.17) is 11.6 Å². The quantitative estimate of drug-likeness (QED) is 0.762. The number of rotatable bonds is 0. The molecule has 0 saturated carbocycles. The Morgan fingerprint density at radius 1 is 1.09 bits per heavy atom. The molecule has 0 aromatic heterocycles. The molecule has 2 aromatic rings. The van der Waals surface area contributed by atoms with E-state index in [2.05, 4.69) is 36.2 Å². The Balaban J connectivity index is 0.00000156. The Kier molecular flexibility index (Phi) is 4.39. The van der Waals surface area contributed by atoms with Gasteiger partial charge in [-0.1, -0.05) is 43.3 Å². The molecule has 2 aliphatic rings. The van der Waals surface area contributed by atoms with Gasteiger partial charge < -0.3 is 10.0 Å². The molecule has 1 N–H and O–H groups in total. The maximum atomic E-state index is 10.1. The third kappa shape index (κ3) is 2.64. The van der Waals surface area contributed by atoms with Crippen LogP contribution in [-0.2, 0) is 12.8 Å². The summed E-state index contributed by atoms with van der Waals surface area (Å²) in [6, 6.07) is 13.1.